The van der Waals surface area contributed by atoms with Crippen molar-refractivity contribution in [3.8, 4) is 0 Å². The maximum absolute atomic E-state index is 13.3. The number of nitrogens with zero attached hydrogens (tertiary/aromatic N) is 2. The number of carbonyl (C=O) groups excluding carboxylic acids is 1. The summed E-state index contributed by atoms with van der Waals surface area (Å²) in [6, 6.07) is 11.5. The van der Waals surface area contributed by atoms with Crippen LogP contribution in [0.4, 0.5) is 0 Å². The van der Waals surface area contributed by atoms with Crippen molar-refractivity contribution >= 4 is 39.4 Å². The van der Waals surface area contributed by atoms with Gasteiger partial charge in [0.05, 0.1) is 27.5 Å². The summed E-state index contributed by atoms with van der Waals surface area (Å²) in [4.78, 5) is 30.4. The molecule has 0 unspecified atom stereocenters. The number of ether oxygens (including phenoxy) is 1. The Morgan fingerprint density at radius 1 is 1.29 bits per heavy atom. The molecule has 0 radical (unpaired) electrons. The quantitative estimate of drug-likeness (QED) is 0.517. The van der Waals surface area contributed by atoms with E-state index in [1.54, 1.807) is 17.4 Å². The smallest absolute Gasteiger partial charge is 0.343 e. The van der Waals surface area contributed by atoms with Gasteiger partial charge in [0.25, 0.3) is 5.56 Å². The van der Waals surface area contributed by atoms with Crippen molar-refractivity contribution in [3.05, 3.63) is 63.2 Å². The fourth-order valence-electron chi connectivity index (χ4n) is 4.18. The van der Waals surface area contributed by atoms with Gasteiger partial charge in [0.15, 0.2) is 5.60 Å². The molecule has 1 aromatic carbocycles. The number of hydrogen-bond donors (Lipinski definition) is 1. The molecule has 4 heterocycles. The van der Waals surface area contributed by atoms with Crippen LogP contribution in [0.25, 0.3) is 33.4 Å². The van der Waals surface area contributed by atoms with E-state index in [9.17, 15) is 14.7 Å². The summed E-state index contributed by atoms with van der Waals surface area (Å²) in [6.45, 7) is 3.42. The molecule has 0 spiro atoms. The van der Waals surface area contributed by atoms with Crippen LogP contribution in [-0.2, 0) is 21.7 Å². The van der Waals surface area contributed by atoms with Gasteiger partial charge in [-0.2, -0.15) is 0 Å². The topological polar surface area (TPSA) is 80.9 Å². The number of esters is 1. The van der Waals surface area contributed by atoms with E-state index < -0.39 is 11.6 Å². The Bertz CT molecular complexity index is 1420. The molecule has 3 aromatic heterocycles. The number of aliphatic hydroxyl groups is 1. The van der Waals surface area contributed by atoms with Gasteiger partial charge in [-0.15, -0.1) is 0 Å². The van der Waals surface area contributed by atoms with Crippen molar-refractivity contribution in [1.29, 1.82) is 0 Å². The number of hydrogen-bond acceptors (Lipinski definition) is 5. The summed E-state index contributed by atoms with van der Waals surface area (Å²) in [5, 5.41) is 13.5. The largest absolute Gasteiger partial charge is 0.458 e. The Morgan fingerprint density at radius 2 is 2.07 bits per heavy atom. The number of benzene rings is 1. The van der Waals surface area contributed by atoms with Crippen molar-refractivity contribution in [2.45, 2.75) is 32.5 Å². The lowest BCUT2D eigenvalue weighted by Gasteiger charge is -2.31. The monoisotopic (exact) mass is 374 g/mol. The summed E-state index contributed by atoms with van der Waals surface area (Å²) in [5.41, 5.74) is 0.592. The molecule has 4 aromatic rings. The molecule has 0 bridgehead atoms. The molecule has 1 atom stereocenters. The van der Waals surface area contributed by atoms with Crippen LogP contribution in [0.1, 0.15) is 31.4 Å². The van der Waals surface area contributed by atoms with Gasteiger partial charge in [0.1, 0.15) is 6.61 Å². The zero-order chi connectivity index (χ0) is 19.6. The lowest BCUT2D eigenvalue weighted by molar-refractivity contribution is -0.172. The Hall–Kier alpha value is -3.25. The molecule has 0 aliphatic carbocycles. The second-order valence-electron chi connectivity index (χ2n) is 7.10. The van der Waals surface area contributed by atoms with Crippen LogP contribution in [0.3, 0.4) is 0 Å². The SMILES string of the molecule is C/C=c1/c2cc3ccccc3nc2c2cc3c(c(=O)n12)COC(=O)[C@]3(O)CC. The molecule has 0 saturated heterocycles. The highest BCUT2D eigenvalue weighted by Gasteiger charge is 2.44. The number of fused-ring (bicyclic) bond motifs is 5. The van der Waals surface area contributed by atoms with E-state index >= 15 is 0 Å². The van der Waals surface area contributed by atoms with Crippen LogP contribution in [0.15, 0.2) is 41.2 Å². The van der Waals surface area contributed by atoms with Gasteiger partial charge in [-0.1, -0.05) is 31.2 Å². The van der Waals surface area contributed by atoms with E-state index in [1.807, 2.05) is 43.3 Å². The van der Waals surface area contributed by atoms with Gasteiger partial charge in [0, 0.05) is 16.3 Å². The number of rotatable bonds is 1. The summed E-state index contributed by atoms with van der Waals surface area (Å²) in [7, 11) is 0. The van der Waals surface area contributed by atoms with Crippen molar-refractivity contribution in [2.24, 2.45) is 0 Å². The van der Waals surface area contributed by atoms with Crippen LogP contribution in [0.2, 0.25) is 0 Å². The van der Waals surface area contributed by atoms with E-state index in [4.69, 9.17) is 9.72 Å². The van der Waals surface area contributed by atoms with Gasteiger partial charge in [-0.3, -0.25) is 9.20 Å². The Labute approximate surface area is 159 Å². The molecule has 1 aliphatic heterocycles. The number of cyclic esters (lactones) is 1. The molecular formula is C22H18N2O4. The molecule has 1 aliphatic rings. The summed E-state index contributed by atoms with van der Waals surface area (Å²) < 4.78 is 6.72. The number of para-hydroxylation sites is 1. The molecule has 0 amide bonds. The van der Waals surface area contributed by atoms with Gasteiger partial charge in [-0.05, 0) is 31.5 Å². The minimum absolute atomic E-state index is 0.121. The maximum atomic E-state index is 13.3. The van der Waals surface area contributed by atoms with Gasteiger partial charge < -0.3 is 9.84 Å². The summed E-state index contributed by atoms with van der Waals surface area (Å²) in [5.74, 6) is -0.720. The van der Waals surface area contributed by atoms with Crippen LogP contribution >= 0.6 is 0 Å². The third-order valence-corrected chi connectivity index (χ3v) is 5.71. The van der Waals surface area contributed by atoms with Crippen molar-refractivity contribution in [1.82, 2.24) is 9.38 Å². The Balaban J connectivity index is 2.03. The molecule has 6 heteroatoms. The minimum atomic E-state index is -1.82. The van der Waals surface area contributed by atoms with E-state index in [-0.39, 0.29) is 18.6 Å². The van der Waals surface area contributed by atoms with E-state index in [2.05, 4.69) is 0 Å². The lowest BCUT2D eigenvalue weighted by atomic mass is 9.86. The fraction of sp³-hybridized carbons (Fsp3) is 0.227. The van der Waals surface area contributed by atoms with Crippen molar-refractivity contribution in [3.63, 3.8) is 0 Å². The first kappa shape index (κ1) is 16.9. The molecule has 140 valence electrons. The Morgan fingerprint density at radius 3 is 2.82 bits per heavy atom. The molecule has 6 nitrogen and oxygen atoms in total. The van der Waals surface area contributed by atoms with Gasteiger partial charge in [-0.25, -0.2) is 9.78 Å². The number of aromatic nitrogens is 2. The maximum Gasteiger partial charge on any atom is 0.343 e. The molecule has 1 N–H and O–H groups in total. The first-order valence-corrected chi connectivity index (χ1v) is 9.25. The van der Waals surface area contributed by atoms with Crippen LogP contribution in [-0.4, -0.2) is 20.5 Å². The van der Waals surface area contributed by atoms with E-state index in [0.717, 1.165) is 21.6 Å². The molecular weight excluding hydrogens is 356 g/mol. The predicted octanol–water partition coefficient (Wildman–Crippen LogP) is 2.17. The van der Waals surface area contributed by atoms with Gasteiger partial charge >= 0.3 is 5.97 Å². The molecule has 28 heavy (non-hydrogen) atoms. The first-order chi connectivity index (χ1) is 13.5. The molecule has 0 fully saturated rings. The summed E-state index contributed by atoms with van der Waals surface area (Å²) in [6.07, 6.45) is 2.00. The summed E-state index contributed by atoms with van der Waals surface area (Å²) >= 11 is 0. The van der Waals surface area contributed by atoms with Crippen molar-refractivity contribution in [2.75, 3.05) is 0 Å². The predicted molar refractivity (Wildman–Crippen MR) is 106 cm³/mol. The normalized spacial score (nSPS) is 20.1. The van der Waals surface area contributed by atoms with Crippen LogP contribution < -0.4 is 10.9 Å². The minimum Gasteiger partial charge on any atom is -0.458 e. The average molecular weight is 374 g/mol. The third-order valence-electron chi connectivity index (χ3n) is 5.71. The second-order valence-corrected chi connectivity index (χ2v) is 7.10. The Kier molecular flexibility index (Phi) is 3.39. The highest BCUT2D eigenvalue weighted by molar-refractivity contribution is 6.01. The highest BCUT2D eigenvalue weighted by Crippen LogP contribution is 2.34. The average Bonchev–Trinajstić information content (AvgIpc) is 3.02. The van der Waals surface area contributed by atoms with E-state index in [0.29, 0.717) is 22.2 Å². The zero-order valence-corrected chi connectivity index (χ0v) is 15.5. The lowest BCUT2D eigenvalue weighted by Crippen LogP contribution is -2.44. The zero-order valence-electron chi connectivity index (χ0n) is 15.5. The highest BCUT2D eigenvalue weighted by atomic mass is 16.6. The molecule has 5 rings (SSSR count). The first-order valence-electron chi connectivity index (χ1n) is 9.25. The van der Waals surface area contributed by atoms with Crippen LogP contribution in [0, 0.1) is 0 Å². The second kappa shape index (κ2) is 5.62. The number of carbonyl (C=O) groups is 1. The third kappa shape index (κ3) is 1.98. The van der Waals surface area contributed by atoms with Crippen molar-refractivity contribution < 1.29 is 14.6 Å². The van der Waals surface area contributed by atoms with Crippen LogP contribution in [0.5, 0.6) is 0 Å². The number of pyridine rings is 2. The fourth-order valence-corrected chi connectivity index (χ4v) is 4.18. The van der Waals surface area contributed by atoms with E-state index in [1.165, 1.54) is 0 Å². The molecule has 0 saturated carbocycles. The van der Waals surface area contributed by atoms with Gasteiger partial charge in [0.2, 0.25) is 0 Å². The standard InChI is InChI=1S/C22H18N2O4/c1-3-17-13-9-12-7-5-6-8-16(12)23-19(13)18-10-15-14(20(25)24(17)18)11-28-21(26)22(15,27)4-2/h3,5-10,27H,4,11H2,1-2H3/b17-3-/t22-/m0/s1.